The number of aromatic amines is 1. The number of benzene rings is 1. The van der Waals surface area contributed by atoms with Gasteiger partial charge in [0, 0.05) is 17.4 Å². The Morgan fingerprint density at radius 1 is 1.24 bits per heavy atom. The zero-order valence-electron chi connectivity index (χ0n) is 15.8. The van der Waals surface area contributed by atoms with E-state index >= 15 is 0 Å². The molecular weight excluding hydrogens is 428 g/mol. The first kappa shape index (κ1) is 19.9. The van der Waals surface area contributed by atoms with Crippen molar-refractivity contribution in [2.75, 3.05) is 16.8 Å². The summed E-state index contributed by atoms with van der Waals surface area (Å²) in [6.07, 6.45) is 0. The molecular formula is C18H18N6O2S3. The standard InChI is InChI=1S/C18H18N6O2S3/c1-3-24-15(26)14-13(10-7-5-6-8-11(10)19-14)21-17(24)28-9-12(25)20-16-22-23-18(29-16)27-4-2/h5-8,19H,3-4,9H2,1-2H3,(H,20,22,25). The maximum atomic E-state index is 12.9. The monoisotopic (exact) mass is 446 g/mol. The number of para-hydroxylation sites is 1. The lowest BCUT2D eigenvalue weighted by Crippen LogP contribution is -2.23. The van der Waals surface area contributed by atoms with Gasteiger partial charge < -0.3 is 4.98 Å². The van der Waals surface area contributed by atoms with Crippen molar-refractivity contribution in [3.63, 3.8) is 0 Å². The van der Waals surface area contributed by atoms with Gasteiger partial charge in [0.15, 0.2) is 9.50 Å². The van der Waals surface area contributed by atoms with Crippen molar-refractivity contribution < 1.29 is 4.79 Å². The molecule has 0 unspecified atom stereocenters. The zero-order chi connectivity index (χ0) is 20.4. The molecule has 2 N–H and O–H groups in total. The SMILES string of the molecule is CCSc1nnc(NC(=O)CSc2nc3c([nH]c4ccccc43)c(=O)n2CC)s1. The topological polar surface area (TPSA) is 106 Å². The molecule has 0 spiro atoms. The summed E-state index contributed by atoms with van der Waals surface area (Å²) in [5.41, 5.74) is 1.84. The Hall–Kier alpha value is -2.37. The number of thioether (sulfide) groups is 2. The van der Waals surface area contributed by atoms with Crippen molar-refractivity contribution >= 4 is 67.8 Å². The van der Waals surface area contributed by atoms with Gasteiger partial charge >= 0.3 is 0 Å². The smallest absolute Gasteiger partial charge is 0.278 e. The summed E-state index contributed by atoms with van der Waals surface area (Å²) in [6.45, 7) is 4.39. The van der Waals surface area contributed by atoms with Crippen LogP contribution >= 0.6 is 34.9 Å². The fourth-order valence-electron chi connectivity index (χ4n) is 2.89. The molecule has 8 nitrogen and oxygen atoms in total. The normalized spacial score (nSPS) is 11.4. The lowest BCUT2D eigenvalue weighted by Gasteiger charge is -2.09. The molecule has 3 aromatic heterocycles. The molecule has 0 saturated carbocycles. The molecule has 150 valence electrons. The van der Waals surface area contributed by atoms with Crippen LogP contribution in [0.25, 0.3) is 21.9 Å². The van der Waals surface area contributed by atoms with Gasteiger partial charge in [0.05, 0.1) is 5.75 Å². The summed E-state index contributed by atoms with van der Waals surface area (Å²) in [7, 11) is 0. The number of hydrogen-bond acceptors (Lipinski definition) is 8. The lowest BCUT2D eigenvalue weighted by molar-refractivity contribution is -0.113. The number of rotatable bonds is 7. The average molecular weight is 447 g/mol. The minimum Gasteiger partial charge on any atom is -0.349 e. The number of nitrogens with zero attached hydrogens (tertiary/aromatic N) is 4. The van der Waals surface area contributed by atoms with Crippen molar-refractivity contribution in [3.8, 4) is 0 Å². The predicted molar refractivity (Wildman–Crippen MR) is 119 cm³/mol. The second-order valence-corrected chi connectivity index (χ2v) is 9.41. The molecule has 11 heteroatoms. The molecule has 3 heterocycles. The summed E-state index contributed by atoms with van der Waals surface area (Å²) in [5, 5.41) is 12.6. The van der Waals surface area contributed by atoms with Gasteiger partial charge in [0.2, 0.25) is 11.0 Å². The van der Waals surface area contributed by atoms with Crippen LogP contribution in [-0.4, -0.2) is 42.1 Å². The Balaban J connectivity index is 1.57. The highest BCUT2D eigenvalue weighted by Gasteiger charge is 2.16. The van der Waals surface area contributed by atoms with Gasteiger partial charge in [-0.2, -0.15) is 0 Å². The highest BCUT2D eigenvalue weighted by Crippen LogP contribution is 2.26. The number of H-pyrrole nitrogens is 1. The van der Waals surface area contributed by atoms with Crippen molar-refractivity contribution in [1.82, 2.24) is 24.7 Å². The van der Waals surface area contributed by atoms with E-state index in [4.69, 9.17) is 0 Å². The van der Waals surface area contributed by atoms with Crippen LogP contribution in [0.2, 0.25) is 0 Å². The molecule has 0 aliphatic heterocycles. The van der Waals surface area contributed by atoms with Crippen LogP contribution in [-0.2, 0) is 11.3 Å². The number of anilines is 1. The lowest BCUT2D eigenvalue weighted by atomic mass is 10.2. The minimum atomic E-state index is -0.213. The van der Waals surface area contributed by atoms with Gasteiger partial charge in [-0.05, 0) is 18.7 Å². The predicted octanol–water partition coefficient (Wildman–Crippen LogP) is 3.59. The molecule has 0 aliphatic carbocycles. The van der Waals surface area contributed by atoms with Crippen LogP contribution in [0.4, 0.5) is 5.13 Å². The third kappa shape index (κ3) is 4.02. The molecule has 29 heavy (non-hydrogen) atoms. The number of aromatic nitrogens is 5. The summed E-state index contributed by atoms with van der Waals surface area (Å²) >= 11 is 4.16. The third-order valence-electron chi connectivity index (χ3n) is 4.15. The van der Waals surface area contributed by atoms with E-state index in [2.05, 4.69) is 25.5 Å². The Labute approximate surface area is 178 Å². The summed E-state index contributed by atoms with van der Waals surface area (Å²) in [6, 6.07) is 7.67. The summed E-state index contributed by atoms with van der Waals surface area (Å²) < 4.78 is 2.40. The first-order chi connectivity index (χ1) is 14.1. The number of amides is 1. The summed E-state index contributed by atoms with van der Waals surface area (Å²) in [4.78, 5) is 33.1. The van der Waals surface area contributed by atoms with Gasteiger partial charge in [0.1, 0.15) is 11.0 Å². The molecule has 0 bridgehead atoms. The second kappa shape index (κ2) is 8.56. The molecule has 1 aromatic carbocycles. The first-order valence-electron chi connectivity index (χ1n) is 9.01. The number of carbonyl (C=O) groups is 1. The third-order valence-corrected chi connectivity index (χ3v) is 6.98. The quantitative estimate of drug-likeness (QED) is 0.254. The van der Waals surface area contributed by atoms with Crippen molar-refractivity contribution in [1.29, 1.82) is 0 Å². The van der Waals surface area contributed by atoms with E-state index in [9.17, 15) is 9.59 Å². The Kier molecular flexibility index (Phi) is 5.88. The number of nitrogens with one attached hydrogen (secondary N) is 2. The van der Waals surface area contributed by atoms with Crippen molar-refractivity contribution in [3.05, 3.63) is 34.6 Å². The largest absolute Gasteiger partial charge is 0.349 e. The average Bonchev–Trinajstić information content (AvgIpc) is 3.31. The van der Waals surface area contributed by atoms with Crippen molar-refractivity contribution in [2.45, 2.75) is 29.9 Å². The Morgan fingerprint density at radius 2 is 2.07 bits per heavy atom. The molecule has 0 radical (unpaired) electrons. The molecule has 4 aromatic rings. The fourth-order valence-corrected chi connectivity index (χ4v) is 5.41. The van der Waals surface area contributed by atoms with Crippen LogP contribution in [0.3, 0.4) is 0 Å². The molecule has 1 amide bonds. The molecule has 0 fully saturated rings. The molecule has 0 atom stereocenters. The second-order valence-electron chi connectivity index (χ2n) is 5.98. The van der Waals surface area contributed by atoms with Crippen LogP contribution in [0, 0.1) is 0 Å². The van der Waals surface area contributed by atoms with Gasteiger partial charge in [-0.25, -0.2) is 4.98 Å². The first-order valence-corrected chi connectivity index (χ1v) is 11.8. The van der Waals surface area contributed by atoms with Crippen LogP contribution in [0.15, 0.2) is 38.6 Å². The van der Waals surface area contributed by atoms with E-state index in [0.29, 0.717) is 27.9 Å². The fraction of sp³-hybridized carbons (Fsp3) is 0.278. The highest BCUT2D eigenvalue weighted by atomic mass is 32.2. The van der Waals surface area contributed by atoms with E-state index in [0.717, 1.165) is 21.0 Å². The minimum absolute atomic E-state index is 0.121. The maximum Gasteiger partial charge on any atom is 0.278 e. The number of carbonyl (C=O) groups excluding carboxylic acids is 1. The molecule has 0 saturated heterocycles. The summed E-state index contributed by atoms with van der Waals surface area (Å²) in [5.74, 6) is 0.806. The maximum absolute atomic E-state index is 12.9. The van der Waals surface area contributed by atoms with Crippen LogP contribution in [0.1, 0.15) is 13.8 Å². The van der Waals surface area contributed by atoms with E-state index in [1.54, 1.807) is 16.3 Å². The van der Waals surface area contributed by atoms with E-state index < -0.39 is 0 Å². The Morgan fingerprint density at radius 3 is 2.86 bits per heavy atom. The van der Waals surface area contributed by atoms with E-state index in [1.807, 2.05) is 38.1 Å². The van der Waals surface area contributed by atoms with Crippen LogP contribution in [0.5, 0.6) is 0 Å². The molecule has 0 aliphatic rings. The van der Waals surface area contributed by atoms with Gasteiger partial charge in [0.25, 0.3) is 5.56 Å². The van der Waals surface area contributed by atoms with Crippen LogP contribution < -0.4 is 10.9 Å². The van der Waals surface area contributed by atoms with E-state index in [-0.39, 0.29) is 17.2 Å². The van der Waals surface area contributed by atoms with E-state index in [1.165, 1.54) is 23.1 Å². The number of fused-ring (bicyclic) bond motifs is 3. The number of hydrogen-bond donors (Lipinski definition) is 2. The zero-order valence-corrected chi connectivity index (χ0v) is 18.2. The van der Waals surface area contributed by atoms with Gasteiger partial charge in [-0.3, -0.25) is 19.5 Å². The van der Waals surface area contributed by atoms with Crippen molar-refractivity contribution in [2.24, 2.45) is 0 Å². The van der Waals surface area contributed by atoms with Gasteiger partial charge in [-0.15, -0.1) is 10.2 Å². The highest BCUT2D eigenvalue weighted by molar-refractivity contribution is 8.01. The molecule has 4 rings (SSSR count). The Bertz CT molecular complexity index is 1250. The van der Waals surface area contributed by atoms with Gasteiger partial charge in [-0.1, -0.05) is 60.0 Å².